The number of methoxy groups -OCH3 is 1. The molecule has 606 valence electrons. The van der Waals surface area contributed by atoms with Crippen LogP contribution in [-0.4, -0.2) is 166 Å². The Morgan fingerprint density at radius 1 is 0.421 bits per heavy atom. The van der Waals surface area contributed by atoms with E-state index in [1.165, 1.54) is 13.2 Å². The molecule has 3 aromatic heterocycles. The van der Waals surface area contributed by atoms with E-state index in [0.29, 0.717) is 149 Å². The molecule has 0 spiro atoms. The average molecular weight is 1560 g/mol. The first-order chi connectivity index (χ1) is 55.5. The molecule has 31 heteroatoms. The molecular weight excluding hydrogens is 1460 g/mol. The van der Waals surface area contributed by atoms with E-state index in [1.807, 2.05) is 120 Å². The molecule has 0 atom stereocenters. The van der Waals surface area contributed by atoms with Crippen LogP contribution in [-0.2, 0) is 24.4 Å². The minimum absolute atomic E-state index is 0.0864. The lowest BCUT2D eigenvalue weighted by Crippen LogP contribution is -2.40. The van der Waals surface area contributed by atoms with Gasteiger partial charge >= 0.3 is 30.0 Å². The molecule has 0 radical (unpaired) electrons. The Labute approximate surface area is 665 Å². The highest BCUT2D eigenvalue weighted by molar-refractivity contribution is 5.97. The Morgan fingerprint density at radius 2 is 0.737 bits per heavy atom. The van der Waals surface area contributed by atoms with Crippen molar-refractivity contribution in [3.8, 4) is 52.5 Å². The Kier molecular flexibility index (Phi) is 32.6. The zero-order valence-electron chi connectivity index (χ0n) is 66.2. The van der Waals surface area contributed by atoms with Crippen molar-refractivity contribution in [2.24, 2.45) is 5.41 Å². The number of aromatic carboxylic acids is 1. The van der Waals surface area contributed by atoms with Gasteiger partial charge in [0.2, 0.25) is 35.7 Å². The number of carbonyl (C=O) groups excluding carboxylic acids is 2. The standard InChI is InChI=1S/C32H45N7O4.C26H31N5O5.C25H29N5O5/c1-6-41-31-37-29-33-20-23-13-9-10-14-26(23)42-17-11-7-8-12-18-43-27-19-24(35-30(36-29)38-31)15-16-25(27)28(40)34-21-32(2,3)22-39(4)5;1-3-34-26-30-24-27-17-18-10-6-7-11-21(18)35-14-8-4-5-9-15-36-22-16-19(28-25(29-24)31-26)12-13-20(22)23(32)33-2;1-2-33-25-29-23-26-16-17-9-5-6-10-20(17)34-13-7-3-4-8-14-35-21-15-18(27-24(28-23)30-25)11-12-19(21)22(31)32/h9-10,13-16,19H,6-8,11-12,17-18,20-22H2,1-5H3,(H,34,40)(H2,33,35,36,37,38);6-7,10-13,16H,3-5,8-9,14-15,17H2,1-2H3,(H2,27,28,29,30,31);5-6,9-12,15H,2-4,7-8,13-14,16H2,1H3,(H,31,32)(H2,26,27,28,29,30). The van der Waals surface area contributed by atoms with Gasteiger partial charge in [-0.3, -0.25) is 4.79 Å². The minimum Gasteiger partial charge on any atom is -0.493 e. The number of hydrogen-bond acceptors (Lipinski definition) is 29. The summed E-state index contributed by atoms with van der Waals surface area (Å²) in [5.41, 5.74) is 5.75. The van der Waals surface area contributed by atoms with Gasteiger partial charge in [-0.25, -0.2) is 9.59 Å². The van der Waals surface area contributed by atoms with Crippen molar-refractivity contribution in [1.82, 2.24) is 55.1 Å². The molecule has 0 unspecified atom stereocenters. The van der Waals surface area contributed by atoms with Crippen molar-refractivity contribution < 1.29 is 66.9 Å². The average Bonchev–Trinajstić information content (AvgIpc) is 0.962. The molecule has 0 aliphatic carbocycles. The SMILES string of the molecule is CCOc1nc2nc(n1)Nc1ccc(C(=O)NCC(C)(C)CN(C)C)c(c1)OCCCCCCOc1ccccc1CN2.CCOc1nc2nc(n1)Nc1ccc(C(=O)O)c(c1)OCCCCCCOc1ccccc1CN2.CCOc1nc2nc(n1)Nc1ccc(C(=O)OC)c(c1)OCCCCCCOc1ccccc1CN2. The van der Waals surface area contributed by atoms with Gasteiger partial charge in [0.15, 0.2) is 0 Å². The van der Waals surface area contributed by atoms with Crippen LogP contribution in [0.3, 0.4) is 0 Å². The molecule has 0 saturated heterocycles. The zero-order valence-corrected chi connectivity index (χ0v) is 66.2. The molecule has 9 aromatic rings. The molecule has 0 saturated carbocycles. The maximum Gasteiger partial charge on any atom is 0.341 e. The van der Waals surface area contributed by atoms with Crippen molar-refractivity contribution in [2.75, 3.05) is 126 Å². The second-order valence-electron chi connectivity index (χ2n) is 27.7. The third-order valence-corrected chi connectivity index (χ3v) is 17.6. The van der Waals surface area contributed by atoms with Gasteiger partial charge < -0.3 is 94.6 Å². The molecule has 6 aromatic carbocycles. The third-order valence-electron chi connectivity index (χ3n) is 17.6. The van der Waals surface area contributed by atoms with Crippen molar-refractivity contribution in [3.63, 3.8) is 0 Å². The molecule has 8 N–H and O–H groups in total. The Morgan fingerprint density at radius 3 is 1.08 bits per heavy atom. The summed E-state index contributed by atoms with van der Waals surface area (Å²) < 4.78 is 57.8. The van der Waals surface area contributed by atoms with Crippen LogP contribution < -0.4 is 79.8 Å². The molecule has 12 rings (SSSR count). The Hall–Kier alpha value is -12.3. The van der Waals surface area contributed by atoms with E-state index in [2.05, 4.69) is 101 Å². The number of ether oxygens (including phenoxy) is 10. The first-order valence-corrected chi connectivity index (χ1v) is 38.9. The fourth-order valence-electron chi connectivity index (χ4n) is 12.2. The van der Waals surface area contributed by atoms with Crippen molar-refractivity contribution in [1.29, 1.82) is 0 Å². The second-order valence-corrected chi connectivity index (χ2v) is 27.7. The van der Waals surface area contributed by atoms with E-state index in [1.54, 1.807) is 36.4 Å². The quantitative estimate of drug-likeness (QED) is 0.0497. The number of fused-ring (bicyclic) bond motifs is 15. The van der Waals surface area contributed by atoms with Crippen molar-refractivity contribution in [2.45, 2.75) is 131 Å². The largest absolute Gasteiger partial charge is 0.493 e. The number of nitrogens with zero attached hydrogens (tertiary/aromatic N) is 10. The smallest absolute Gasteiger partial charge is 0.341 e. The maximum absolute atomic E-state index is 13.3. The number of carboxylic acid groups (broad SMARTS) is 1. The normalized spacial score (nSPS) is 14.3. The van der Waals surface area contributed by atoms with E-state index in [0.717, 1.165) is 118 Å². The van der Waals surface area contributed by atoms with Gasteiger partial charge in [-0.15, -0.1) is 0 Å². The minimum atomic E-state index is -1.05. The van der Waals surface area contributed by atoms with Gasteiger partial charge in [0.25, 0.3) is 5.91 Å². The summed E-state index contributed by atoms with van der Waals surface area (Å²) in [6.45, 7) is 17.1. The molecule has 31 nitrogen and oxygen atoms in total. The molecule has 12 bridgehead atoms. The van der Waals surface area contributed by atoms with Crippen LogP contribution in [0.4, 0.5) is 52.8 Å². The molecule has 114 heavy (non-hydrogen) atoms. The molecule has 1 amide bonds. The number of anilines is 9. The summed E-state index contributed by atoms with van der Waals surface area (Å²) in [4.78, 5) is 79.1. The van der Waals surface area contributed by atoms with Gasteiger partial charge in [0, 0.05) is 84.7 Å². The first-order valence-electron chi connectivity index (χ1n) is 38.9. The van der Waals surface area contributed by atoms with Crippen LogP contribution >= 0.6 is 0 Å². The number of hydrogen-bond donors (Lipinski definition) is 8. The number of amides is 1. The van der Waals surface area contributed by atoms with E-state index < -0.39 is 11.9 Å². The summed E-state index contributed by atoms with van der Waals surface area (Å²) in [7, 11) is 5.41. The number of esters is 1. The van der Waals surface area contributed by atoms with E-state index in [4.69, 9.17) is 47.4 Å². The fourth-order valence-corrected chi connectivity index (χ4v) is 12.2. The topological polar surface area (TPSA) is 367 Å². The van der Waals surface area contributed by atoms with Crippen LogP contribution in [0, 0.1) is 5.41 Å². The summed E-state index contributed by atoms with van der Waals surface area (Å²) >= 11 is 0. The summed E-state index contributed by atoms with van der Waals surface area (Å²) in [5, 5.41) is 31.9. The van der Waals surface area contributed by atoms with E-state index >= 15 is 0 Å². The first kappa shape index (κ1) is 84.2. The predicted molar refractivity (Wildman–Crippen MR) is 435 cm³/mol. The number of para-hydroxylation sites is 3. The number of carboxylic acids is 1. The third kappa shape index (κ3) is 27.0. The van der Waals surface area contributed by atoms with Crippen molar-refractivity contribution >= 4 is 70.6 Å². The molecular formula is C83H105N17O14. The van der Waals surface area contributed by atoms with Crippen LogP contribution in [0.5, 0.6) is 52.5 Å². The molecule has 3 aliphatic rings. The van der Waals surface area contributed by atoms with Crippen molar-refractivity contribution in [3.05, 3.63) is 161 Å². The maximum atomic E-state index is 13.3. The summed E-state index contributed by atoms with van der Waals surface area (Å²) in [5.74, 6) is 3.91. The second kappa shape index (κ2) is 44.1. The van der Waals surface area contributed by atoms with Gasteiger partial charge in [-0.05, 0) is 172 Å². The summed E-state index contributed by atoms with van der Waals surface area (Å²) in [6.07, 6.45) is 11.3. The highest BCUT2D eigenvalue weighted by Crippen LogP contribution is 2.33. The lowest BCUT2D eigenvalue weighted by Gasteiger charge is -2.28. The van der Waals surface area contributed by atoms with Crippen LogP contribution in [0.2, 0.25) is 0 Å². The highest BCUT2D eigenvalue weighted by Gasteiger charge is 2.24. The number of carbonyl (C=O) groups is 3. The molecule has 3 aliphatic heterocycles. The molecule has 0 fully saturated rings. The van der Waals surface area contributed by atoms with Gasteiger partial charge in [-0.1, -0.05) is 68.4 Å². The van der Waals surface area contributed by atoms with E-state index in [9.17, 15) is 19.5 Å². The van der Waals surface area contributed by atoms with Gasteiger partial charge in [0.1, 0.15) is 45.6 Å². The Bertz CT molecular complexity index is 4580. The zero-order chi connectivity index (χ0) is 80.3. The predicted octanol–water partition coefficient (Wildman–Crippen LogP) is 14.7. The number of nitrogens with one attached hydrogen (secondary N) is 7. The fraction of sp³-hybridized carbons (Fsp3) is 0.422. The summed E-state index contributed by atoms with van der Waals surface area (Å²) in [6, 6.07) is 39.6. The number of rotatable bonds is 13. The van der Waals surface area contributed by atoms with Gasteiger partial charge in [-0.2, -0.15) is 44.9 Å². The highest BCUT2D eigenvalue weighted by atomic mass is 16.5. The number of benzene rings is 6. The van der Waals surface area contributed by atoms with Crippen LogP contribution in [0.15, 0.2) is 127 Å². The number of aromatic nitrogens is 9. The Balaban J connectivity index is 0.000000182. The monoisotopic (exact) mass is 1560 g/mol. The lowest BCUT2D eigenvalue weighted by molar-refractivity contribution is 0.0594. The lowest BCUT2D eigenvalue weighted by atomic mass is 9.93. The van der Waals surface area contributed by atoms with E-state index in [-0.39, 0.29) is 52.6 Å². The molecule has 6 heterocycles. The van der Waals surface area contributed by atoms with Crippen LogP contribution in [0.25, 0.3) is 0 Å². The van der Waals surface area contributed by atoms with Crippen LogP contribution in [0.1, 0.15) is 159 Å². The van der Waals surface area contributed by atoms with Gasteiger partial charge in [0.05, 0.1) is 72.1 Å².